The van der Waals surface area contributed by atoms with Crippen LogP contribution in [0.3, 0.4) is 0 Å². The fourth-order valence-corrected chi connectivity index (χ4v) is 3.45. The smallest absolute Gasteiger partial charge is 0.263 e. The van der Waals surface area contributed by atoms with Crippen molar-refractivity contribution in [1.29, 1.82) is 0 Å². The molecule has 0 spiro atoms. The zero-order valence-corrected chi connectivity index (χ0v) is 15.6. The number of carbonyl (C=O) groups is 2. The molecule has 1 fully saturated rings. The molecule has 6 heteroatoms. The second-order valence-electron chi connectivity index (χ2n) is 6.50. The summed E-state index contributed by atoms with van der Waals surface area (Å²) in [5, 5.41) is 5.27. The van der Waals surface area contributed by atoms with Crippen molar-refractivity contribution < 1.29 is 9.59 Å². The number of hydrazine groups is 1. The molecule has 1 heterocycles. The minimum absolute atomic E-state index is 0.270. The van der Waals surface area contributed by atoms with Gasteiger partial charge in [-0.25, -0.2) is 0 Å². The summed E-state index contributed by atoms with van der Waals surface area (Å²) in [7, 11) is 0. The molecule has 0 saturated carbocycles. The van der Waals surface area contributed by atoms with Gasteiger partial charge in [0, 0.05) is 10.6 Å². The number of halogens is 1. The van der Waals surface area contributed by atoms with Gasteiger partial charge in [-0.05, 0) is 42.0 Å². The number of nitrogens with zero attached hydrogens (tertiary/aromatic N) is 1. The second-order valence-corrected chi connectivity index (χ2v) is 6.93. The summed E-state index contributed by atoms with van der Waals surface area (Å²) < 4.78 is 0. The zero-order valence-electron chi connectivity index (χ0n) is 14.9. The molecule has 4 rings (SSSR count). The molecule has 1 aliphatic rings. The Morgan fingerprint density at radius 1 is 0.893 bits per heavy atom. The molecule has 2 amide bonds. The van der Waals surface area contributed by atoms with Crippen molar-refractivity contribution in [3.63, 3.8) is 0 Å². The molecule has 28 heavy (non-hydrogen) atoms. The summed E-state index contributed by atoms with van der Waals surface area (Å²) in [5.74, 6) is -0.567. The van der Waals surface area contributed by atoms with Crippen LogP contribution < -0.4 is 15.8 Å². The van der Waals surface area contributed by atoms with Crippen molar-refractivity contribution in [3.8, 4) is 0 Å². The molecule has 0 unspecified atom stereocenters. The van der Waals surface area contributed by atoms with E-state index in [1.807, 2.05) is 48.5 Å². The highest BCUT2D eigenvalue weighted by Crippen LogP contribution is 2.33. The van der Waals surface area contributed by atoms with Crippen LogP contribution in [-0.2, 0) is 4.79 Å². The van der Waals surface area contributed by atoms with Gasteiger partial charge < -0.3 is 5.32 Å². The number of rotatable bonds is 4. The topological polar surface area (TPSA) is 61.4 Å². The molecule has 2 atom stereocenters. The summed E-state index contributed by atoms with van der Waals surface area (Å²) in [6.07, 6.45) is 0. The molecule has 3 aromatic carbocycles. The van der Waals surface area contributed by atoms with Crippen molar-refractivity contribution in [3.05, 3.63) is 101 Å². The Labute approximate surface area is 167 Å². The van der Waals surface area contributed by atoms with E-state index in [4.69, 9.17) is 11.6 Å². The fraction of sp³-hybridized carbons (Fsp3) is 0.0909. The van der Waals surface area contributed by atoms with E-state index < -0.39 is 12.1 Å². The molecule has 5 nitrogen and oxygen atoms in total. The largest absolute Gasteiger partial charge is 0.338 e. The summed E-state index contributed by atoms with van der Waals surface area (Å²) >= 11 is 6.04. The summed E-state index contributed by atoms with van der Waals surface area (Å²) in [6.45, 7) is 0. The number of hydrogen-bond donors (Lipinski definition) is 2. The number of amides is 2. The van der Waals surface area contributed by atoms with Crippen molar-refractivity contribution in [2.45, 2.75) is 12.1 Å². The van der Waals surface area contributed by atoms with E-state index in [9.17, 15) is 9.59 Å². The first-order valence-electron chi connectivity index (χ1n) is 8.89. The van der Waals surface area contributed by atoms with Crippen molar-refractivity contribution >= 4 is 29.1 Å². The molecule has 1 saturated heterocycles. The van der Waals surface area contributed by atoms with Crippen LogP contribution in [0.2, 0.25) is 5.02 Å². The van der Waals surface area contributed by atoms with Gasteiger partial charge in [0.25, 0.3) is 11.8 Å². The number of hydrogen-bond acceptors (Lipinski definition) is 3. The van der Waals surface area contributed by atoms with E-state index in [-0.39, 0.29) is 11.8 Å². The van der Waals surface area contributed by atoms with Crippen LogP contribution >= 0.6 is 11.6 Å². The second kappa shape index (κ2) is 7.74. The quantitative estimate of drug-likeness (QED) is 0.712. The SMILES string of the molecule is O=C(N[C@@H]1C(=O)NN(c2ccccc2)[C@H]1c1ccc(Cl)cc1)c1ccccc1. The third-order valence-corrected chi connectivity index (χ3v) is 4.93. The number of para-hydroxylation sites is 1. The Bertz CT molecular complexity index is 978. The van der Waals surface area contributed by atoms with Gasteiger partial charge in [0.1, 0.15) is 12.1 Å². The van der Waals surface area contributed by atoms with Gasteiger partial charge in [0.05, 0.1) is 5.69 Å². The molecule has 0 aromatic heterocycles. The third-order valence-electron chi connectivity index (χ3n) is 4.68. The number of carbonyl (C=O) groups excluding carboxylic acids is 2. The van der Waals surface area contributed by atoms with Gasteiger partial charge in [-0.15, -0.1) is 0 Å². The molecule has 0 bridgehead atoms. The maximum absolute atomic E-state index is 12.8. The van der Waals surface area contributed by atoms with Crippen LogP contribution in [0.15, 0.2) is 84.9 Å². The molecule has 0 aliphatic carbocycles. The van der Waals surface area contributed by atoms with E-state index >= 15 is 0 Å². The Morgan fingerprint density at radius 2 is 1.50 bits per heavy atom. The molecule has 140 valence electrons. The van der Waals surface area contributed by atoms with Crippen LogP contribution in [0.25, 0.3) is 0 Å². The molecular formula is C22H18ClN3O2. The third kappa shape index (κ3) is 3.57. The van der Waals surface area contributed by atoms with Crippen LogP contribution in [0.5, 0.6) is 0 Å². The highest BCUT2D eigenvalue weighted by Gasteiger charge is 2.43. The number of nitrogens with one attached hydrogen (secondary N) is 2. The fourth-order valence-electron chi connectivity index (χ4n) is 3.32. The summed E-state index contributed by atoms with van der Waals surface area (Å²) in [5.41, 5.74) is 5.08. The van der Waals surface area contributed by atoms with Crippen LogP contribution in [0.1, 0.15) is 22.0 Å². The van der Waals surface area contributed by atoms with Gasteiger partial charge >= 0.3 is 0 Å². The minimum Gasteiger partial charge on any atom is -0.338 e. The van der Waals surface area contributed by atoms with Crippen LogP contribution in [-0.4, -0.2) is 17.9 Å². The molecular weight excluding hydrogens is 374 g/mol. The zero-order chi connectivity index (χ0) is 19.5. The molecule has 2 N–H and O–H groups in total. The standard InChI is InChI=1S/C22H18ClN3O2/c23-17-13-11-15(12-14-17)20-19(24-21(27)16-7-3-1-4-8-16)22(28)25-26(20)18-9-5-2-6-10-18/h1-14,19-20H,(H,24,27)(H,25,28)/t19-,20-/m0/s1. The lowest BCUT2D eigenvalue weighted by Crippen LogP contribution is -2.43. The van der Waals surface area contributed by atoms with E-state index in [1.54, 1.807) is 41.4 Å². The average Bonchev–Trinajstić information content (AvgIpc) is 3.06. The Hall–Kier alpha value is -3.31. The summed E-state index contributed by atoms with van der Waals surface area (Å²) in [6, 6.07) is 24.5. The van der Waals surface area contributed by atoms with E-state index in [1.165, 1.54) is 0 Å². The van der Waals surface area contributed by atoms with Gasteiger partial charge in [-0.3, -0.25) is 20.0 Å². The lowest BCUT2D eigenvalue weighted by Gasteiger charge is -2.28. The van der Waals surface area contributed by atoms with Gasteiger partial charge in [-0.2, -0.15) is 0 Å². The lowest BCUT2D eigenvalue weighted by atomic mass is 9.99. The predicted octanol–water partition coefficient (Wildman–Crippen LogP) is 3.73. The maximum atomic E-state index is 12.8. The van der Waals surface area contributed by atoms with Crippen LogP contribution in [0.4, 0.5) is 5.69 Å². The maximum Gasteiger partial charge on any atom is 0.263 e. The molecule has 0 radical (unpaired) electrons. The highest BCUT2D eigenvalue weighted by molar-refractivity contribution is 6.30. The Balaban J connectivity index is 1.70. The normalized spacial score (nSPS) is 18.6. The van der Waals surface area contributed by atoms with E-state index in [0.29, 0.717) is 10.6 Å². The number of benzene rings is 3. The minimum atomic E-state index is -0.755. The highest BCUT2D eigenvalue weighted by atomic mass is 35.5. The van der Waals surface area contributed by atoms with Crippen molar-refractivity contribution in [2.75, 3.05) is 5.01 Å². The van der Waals surface area contributed by atoms with Crippen molar-refractivity contribution in [2.24, 2.45) is 0 Å². The Morgan fingerprint density at radius 3 is 2.14 bits per heavy atom. The van der Waals surface area contributed by atoms with Gasteiger partial charge in [0.2, 0.25) is 0 Å². The molecule has 1 aliphatic heterocycles. The lowest BCUT2D eigenvalue weighted by molar-refractivity contribution is -0.120. The van der Waals surface area contributed by atoms with Crippen molar-refractivity contribution in [1.82, 2.24) is 10.7 Å². The van der Waals surface area contributed by atoms with E-state index in [0.717, 1.165) is 11.3 Å². The van der Waals surface area contributed by atoms with E-state index in [2.05, 4.69) is 10.7 Å². The van der Waals surface area contributed by atoms with Gasteiger partial charge in [-0.1, -0.05) is 60.1 Å². The first kappa shape index (κ1) is 18.1. The summed E-state index contributed by atoms with van der Waals surface area (Å²) in [4.78, 5) is 25.5. The number of anilines is 1. The van der Waals surface area contributed by atoms with Crippen LogP contribution in [0, 0.1) is 0 Å². The first-order valence-corrected chi connectivity index (χ1v) is 9.27. The molecule has 3 aromatic rings. The van der Waals surface area contributed by atoms with Gasteiger partial charge in [0.15, 0.2) is 0 Å². The first-order chi connectivity index (χ1) is 13.6. The average molecular weight is 392 g/mol. The predicted molar refractivity (Wildman–Crippen MR) is 109 cm³/mol. The Kier molecular flexibility index (Phi) is 5.00. The monoisotopic (exact) mass is 391 g/mol.